The number of carbonyl (C=O) groups is 2. The Bertz CT molecular complexity index is 624. The standard InChI is InChI=1S/C22H33NO5/c1-16(2)23(17(3)24)13-22(28-18(4)25)15-27-21-9-7-19(8-10-21)11-12-26-14-20-5-6-20/h7-10,16,20,22H,5-6,11-15H2,1-4H3. The van der Waals surface area contributed by atoms with Crippen molar-refractivity contribution in [3.8, 4) is 5.75 Å². The van der Waals surface area contributed by atoms with Gasteiger partial charge >= 0.3 is 5.97 Å². The van der Waals surface area contributed by atoms with Crippen LogP contribution in [0.4, 0.5) is 0 Å². The lowest BCUT2D eigenvalue weighted by Crippen LogP contribution is -2.44. The number of esters is 1. The monoisotopic (exact) mass is 391 g/mol. The average molecular weight is 392 g/mol. The number of ether oxygens (including phenoxy) is 3. The van der Waals surface area contributed by atoms with Gasteiger partial charge in [0.15, 0.2) is 6.10 Å². The topological polar surface area (TPSA) is 65.1 Å². The van der Waals surface area contributed by atoms with Crippen molar-refractivity contribution >= 4 is 11.9 Å². The molecule has 0 bridgehead atoms. The molecule has 0 N–H and O–H groups in total. The Hall–Kier alpha value is -2.08. The Morgan fingerprint density at radius 2 is 1.82 bits per heavy atom. The molecule has 0 aromatic heterocycles. The lowest BCUT2D eigenvalue weighted by molar-refractivity contribution is -0.151. The van der Waals surface area contributed by atoms with Crippen molar-refractivity contribution in [3.05, 3.63) is 29.8 Å². The summed E-state index contributed by atoms with van der Waals surface area (Å²) in [4.78, 5) is 24.9. The minimum Gasteiger partial charge on any atom is -0.490 e. The van der Waals surface area contributed by atoms with Gasteiger partial charge in [-0.25, -0.2) is 0 Å². The highest BCUT2D eigenvalue weighted by molar-refractivity contribution is 5.73. The molecule has 28 heavy (non-hydrogen) atoms. The molecule has 156 valence electrons. The number of hydrogen-bond acceptors (Lipinski definition) is 5. The van der Waals surface area contributed by atoms with E-state index in [2.05, 4.69) is 0 Å². The lowest BCUT2D eigenvalue weighted by Gasteiger charge is -2.29. The Balaban J connectivity index is 1.81. The second kappa shape index (κ2) is 11.1. The molecule has 2 rings (SSSR count). The van der Waals surface area contributed by atoms with E-state index in [4.69, 9.17) is 14.2 Å². The highest BCUT2D eigenvalue weighted by Crippen LogP contribution is 2.28. The van der Waals surface area contributed by atoms with Gasteiger partial charge in [0.25, 0.3) is 0 Å². The maximum Gasteiger partial charge on any atom is 0.303 e. The number of amides is 1. The van der Waals surface area contributed by atoms with Gasteiger partial charge in [-0.15, -0.1) is 0 Å². The van der Waals surface area contributed by atoms with Crippen molar-refractivity contribution in [2.24, 2.45) is 5.92 Å². The summed E-state index contributed by atoms with van der Waals surface area (Å²) >= 11 is 0. The summed E-state index contributed by atoms with van der Waals surface area (Å²) in [5.41, 5.74) is 1.20. The summed E-state index contributed by atoms with van der Waals surface area (Å²) in [7, 11) is 0. The van der Waals surface area contributed by atoms with Crippen molar-refractivity contribution in [2.75, 3.05) is 26.4 Å². The van der Waals surface area contributed by atoms with Crippen LogP contribution >= 0.6 is 0 Å². The molecule has 1 aromatic carbocycles. The van der Waals surface area contributed by atoms with Gasteiger partial charge in [-0.3, -0.25) is 9.59 Å². The summed E-state index contributed by atoms with van der Waals surface area (Å²) < 4.78 is 16.8. The number of hydrogen-bond donors (Lipinski definition) is 0. The van der Waals surface area contributed by atoms with E-state index in [1.54, 1.807) is 4.90 Å². The van der Waals surface area contributed by atoms with Crippen LogP contribution in [0.5, 0.6) is 5.75 Å². The number of nitrogens with zero attached hydrogens (tertiary/aromatic N) is 1. The maximum atomic E-state index is 11.8. The zero-order valence-electron chi connectivity index (χ0n) is 17.5. The summed E-state index contributed by atoms with van der Waals surface area (Å²) in [5.74, 6) is 1.05. The van der Waals surface area contributed by atoms with Crippen molar-refractivity contribution in [3.63, 3.8) is 0 Å². The van der Waals surface area contributed by atoms with E-state index < -0.39 is 6.10 Å². The van der Waals surface area contributed by atoms with Gasteiger partial charge in [0.2, 0.25) is 5.91 Å². The zero-order valence-corrected chi connectivity index (χ0v) is 17.5. The third-order valence-corrected chi connectivity index (χ3v) is 4.71. The summed E-state index contributed by atoms with van der Waals surface area (Å²) in [6.45, 7) is 8.86. The van der Waals surface area contributed by atoms with Gasteiger partial charge in [-0.1, -0.05) is 12.1 Å². The van der Waals surface area contributed by atoms with Crippen LogP contribution in [-0.2, 0) is 25.5 Å². The van der Waals surface area contributed by atoms with E-state index in [9.17, 15) is 9.59 Å². The van der Waals surface area contributed by atoms with Crippen molar-refractivity contribution < 1.29 is 23.8 Å². The quantitative estimate of drug-likeness (QED) is 0.404. The highest BCUT2D eigenvalue weighted by Gasteiger charge is 2.22. The van der Waals surface area contributed by atoms with Gasteiger partial charge in [-0.2, -0.15) is 0 Å². The molecule has 6 nitrogen and oxygen atoms in total. The molecule has 1 atom stereocenters. The predicted molar refractivity (Wildman–Crippen MR) is 107 cm³/mol. The Morgan fingerprint density at radius 3 is 2.36 bits per heavy atom. The van der Waals surface area contributed by atoms with Gasteiger partial charge in [0.1, 0.15) is 12.4 Å². The average Bonchev–Trinajstić information content (AvgIpc) is 3.45. The molecule has 0 heterocycles. The Morgan fingerprint density at radius 1 is 1.14 bits per heavy atom. The first kappa shape index (κ1) is 22.2. The van der Waals surface area contributed by atoms with Gasteiger partial charge in [-0.05, 0) is 56.7 Å². The number of rotatable bonds is 12. The Labute approximate surface area is 168 Å². The second-order valence-electron chi connectivity index (χ2n) is 7.72. The molecule has 6 heteroatoms. The van der Waals surface area contributed by atoms with E-state index in [1.165, 1.54) is 32.3 Å². The van der Waals surface area contributed by atoms with Crippen LogP contribution in [0.1, 0.15) is 46.1 Å². The molecular formula is C22H33NO5. The minimum absolute atomic E-state index is 0.0250. The molecule has 1 saturated carbocycles. The van der Waals surface area contributed by atoms with Gasteiger partial charge in [0, 0.05) is 26.5 Å². The molecule has 1 aliphatic rings. The van der Waals surface area contributed by atoms with Gasteiger partial charge in [0.05, 0.1) is 13.2 Å². The number of carbonyl (C=O) groups excluding carboxylic acids is 2. The normalized spacial score (nSPS) is 14.6. The van der Waals surface area contributed by atoms with Crippen LogP contribution in [0.3, 0.4) is 0 Å². The maximum absolute atomic E-state index is 11.8. The smallest absolute Gasteiger partial charge is 0.303 e. The van der Waals surface area contributed by atoms with E-state index in [0.717, 1.165) is 25.6 Å². The first-order chi connectivity index (χ1) is 13.3. The Kier molecular flexibility index (Phi) is 8.77. The largest absolute Gasteiger partial charge is 0.490 e. The van der Waals surface area contributed by atoms with Crippen LogP contribution in [0, 0.1) is 5.92 Å². The fourth-order valence-electron chi connectivity index (χ4n) is 2.95. The molecule has 1 aromatic rings. The van der Waals surface area contributed by atoms with Crippen LogP contribution in [-0.4, -0.2) is 55.3 Å². The van der Waals surface area contributed by atoms with Crippen molar-refractivity contribution in [1.29, 1.82) is 0 Å². The molecule has 1 amide bonds. The molecule has 0 spiro atoms. The van der Waals surface area contributed by atoms with Crippen LogP contribution < -0.4 is 4.74 Å². The van der Waals surface area contributed by atoms with E-state index in [-0.39, 0.29) is 24.5 Å². The molecule has 0 saturated heterocycles. The zero-order chi connectivity index (χ0) is 20.5. The fourth-order valence-corrected chi connectivity index (χ4v) is 2.95. The molecule has 1 unspecified atom stereocenters. The summed E-state index contributed by atoms with van der Waals surface area (Å²) in [5, 5.41) is 0. The summed E-state index contributed by atoms with van der Waals surface area (Å²) in [6, 6.07) is 7.88. The van der Waals surface area contributed by atoms with Crippen LogP contribution in [0.2, 0.25) is 0 Å². The second-order valence-corrected chi connectivity index (χ2v) is 7.72. The summed E-state index contributed by atoms with van der Waals surface area (Å²) in [6.07, 6.45) is 2.98. The lowest BCUT2D eigenvalue weighted by atomic mass is 10.1. The molecular weight excluding hydrogens is 358 g/mol. The third-order valence-electron chi connectivity index (χ3n) is 4.71. The van der Waals surface area contributed by atoms with Crippen LogP contribution in [0.25, 0.3) is 0 Å². The molecule has 1 fully saturated rings. The highest BCUT2D eigenvalue weighted by atomic mass is 16.6. The molecule has 1 aliphatic carbocycles. The first-order valence-electron chi connectivity index (χ1n) is 10.1. The van der Waals surface area contributed by atoms with E-state index >= 15 is 0 Å². The van der Waals surface area contributed by atoms with Gasteiger partial charge < -0.3 is 19.1 Å². The van der Waals surface area contributed by atoms with E-state index in [0.29, 0.717) is 12.3 Å². The SMILES string of the molecule is CC(=O)OC(COc1ccc(CCOCC2CC2)cc1)CN(C(C)=O)C(C)C. The molecule has 0 aliphatic heterocycles. The van der Waals surface area contributed by atoms with Crippen LogP contribution in [0.15, 0.2) is 24.3 Å². The third kappa shape index (κ3) is 8.30. The molecule has 0 radical (unpaired) electrons. The minimum atomic E-state index is -0.515. The van der Waals surface area contributed by atoms with Crippen molar-refractivity contribution in [2.45, 2.75) is 59.1 Å². The fraction of sp³-hybridized carbons (Fsp3) is 0.636. The number of benzene rings is 1. The van der Waals surface area contributed by atoms with E-state index in [1.807, 2.05) is 38.1 Å². The van der Waals surface area contributed by atoms with Crippen molar-refractivity contribution in [1.82, 2.24) is 4.90 Å². The first-order valence-corrected chi connectivity index (χ1v) is 10.1. The predicted octanol–water partition coefficient (Wildman–Crippen LogP) is 3.22.